The van der Waals surface area contributed by atoms with Crippen LogP contribution in [0.25, 0.3) is 0 Å². The zero-order valence-electron chi connectivity index (χ0n) is 12.1. The Morgan fingerprint density at radius 2 is 2.17 bits per heavy atom. The molecule has 2 N–H and O–H groups in total. The summed E-state index contributed by atoms with van der Waals surface area (Å²) in [6, 6.07) is 2.78. The normalized spacial score (nSPS) is 10.5. The molecule has 11 nitrogen and oxygen atoms in total. The van der Waals surface area contributed by atoms with Crippen molar-refractivity contribution in [2.24, 2.45) is 5.10 Å². The monoisotopic (exact) mass is 320 g/mol. The maximum absolute atomic E-state index is 11.1. The molecule has 0 amide bonds. The van der Waals surface area contributed by atoms with Gasteiger partial charge in [-0.3, -0.25) is 19.9 Å². The SMILES string of the molecule is COc1cc(/C=N/Nc2nncc(=O)[nH]2)cc([N+](=O)[O-])c1OC. The van der Waals surface area contributed by atoms with Gasteiger partial charge in [0.1, 0.15) is 6.20 Å². The molecule has 1 aromatic carbocycles. The van der Waals surface area contributed by atoms with E-state index >= 15 is 0 Å². The minimum absolute atomic E-state index is 0.0147. The number of aromatic amines is 1. The number of ether oxygens (including phenoxy) is 2. The van der Waals surface area contributed by atoms with Crippen molar-refractivity contribution in [2.75, 3.05) is 19.6 Å². The first-order valence-corrected chi connectivity index (χ1v) is 6.16. The van der Waals surface area contributed by atoms with Crippen LogP contribution in [0.15, 0.2) is 28.2 Å². The van der Waals surface area contributed by atoms with Gasteiger partial charge in [-0.2, -0.15) is 5.10 Å². The van der Waals surface area contributed by atoms with E-state index < -0.39 is 10.5 Å². The Morgan fingerprint density at radius 3 is 2.78 bits per heavy atom. The number of anilines is 1. The number of H-pyrrole nitrogens is 1. The molecular formula is C12H12N6O5. The summed E-state index contributed by atoms with van der Waals surface area (Å²) in [5.41, 5.74) is 2.12. The van der Waals surface area contributed by atoms with Crippen molar-refractivity contribution in [3.05, 3.63) is 44.4 Å². The quantitative estimate of drug-likeness (QED) is 0.445. The van der Waals surface area contributed by atoms with Gasteiger partial charge in [0.05, 0.1) is 25.4 Å². The summed E-state index contributed by atoms with van der Waals surface area (Å²) in [6.07, 6.45) is 2.30. The summed E-state index contributed by atoms with van der Waals surface area (Å²) >= 11 is 0. The van der Waals surface area contributed by atoms with Gasteiger partial charge < -0.3 is 9.47 Å². The fraction of sp³-hybridized carbons (Fsp3) is 0.167. The Balaban J connectivity index is 2.29. The summed E-state index contributed by atoms with van der Waals surface area (Å²) in [5, 5.41) is 21.9. The average Bonchev–Trinajstić information content (AvgIpc) is 2.54. The lowest BCUT2D eigenvalue weighted by Crippen LogP contribution is -2.10. The Hall–Kier alpha value is -3.50. The van der Waals surface area contributed by atoms with Crippen molar-refractivity contribution < 1.29 is 14.4 Å². The maximum atomic E-state index is 11.1. The van der Waals surface area contributed by atoms with E-state index in [1.165, 1.54) is 32.6 Å². The zero-order chi connectivity index (χ0) is 16.8. The molecule has 0 unspecified atom stereocenters. The van der Waals surface area contributed by atoms with Gasteiger partial charge in [-0.1, -0.05) is 0 Å². The molecule has 0 radical (unpaired) electrons. The molecule has 0 spiro atoms. The van der Waals surface area contributed by atoms with E-state index in [2.05, 4.69) is 25.7 Å². The number of hydrogen-bond donors (Lipinski definition) is 2. The van der Waals surface area contributed by atoms with E-state index in [0.717, 1.165) is 6.20 Å². The Kier molecular flexibility index (Phi) is 4.82. The zero-order valence-corrected chi connectivity index (χ0v) is 12.1. The summed E-state index contributed by atoms with van der Waals surface area (Å²) < 4.78 is 10.1. The van der Waals surface area contributed by atoms with Crippen molar-refractivity contribution in [2.45, 2.75) is 0 Å². The molecule has 0 saturated carbocycles. The molecule has 0 atom stereocenters. The van der Waals surface area contributed by atoms with E-state index in [1.807, 2.05) is 0 Å². The van der Waals surface area contributed by atoms with Crippen molar-refractivity contribution >= 4 is 17.9 Å². The first-order chi connectivity index (χ1) is 11.0. The van der Waals surface area contributed by atoms with Crippen LogP contribution in [0.2, 0.25) is 0 Å². The second kappa shape index (κ2) is 6.98. The molecule has 0 aliphatic carbocycles. The van der Waals surface area contributed by atoms with Crippen LogP contribution in [0, 0.1) is 10.1 Å². The molecular weight excluding hydrogens is 308 g/mol. The topological polar surface area (TPSA) is 145 Å². The highest BCUT2D eigenvalue weighted by atomic mass is 16.6. The first-order valence-electron chi connectivity index (χ1n) is 6.16. The van der Waals surface area contributed by atoms with Crippen LogP contribution in [-0.2, 0) is 0 Å². The number of methoxy groups -OCH3 is 2. The minimum Gasteiger partial charge on any atom is -0.493 e. The molecule has 120 valence electrons. The van der Waals surface area contributed by atoms with Gasteiger partial charge in [-0.05, 0) is 6.07 Å². The minimum atomic E-state index is -0.591. The molecule has 0 aliphatic rings. The molecule has 0 aliphatic heterocycles. The molecule has 1 heterocycles. The number of nitro groups is 1. The van der Waals surface area contributed by atoms with Gasteiger partial charge in [0, 0.05) is 11.6 Å². The van der Waals surface area contributed by atoms with E-state index in [0.29, 0.717) is 5.56 Å². The highest BCUT2D eigenvalue weighted by Crippen LogP contribution is 2.37. The highest BCUT2D eigenvalue weighted by Gasteiger charge is 2.20. The van der Waals surface area contributed by atoms with Crippen molar-refractivity contribution in [1.29, 1.82) is 0 Å². The van der Waals surface area contributed by atoms with Crippen molar-refractivity contribution in [1.82, 2.24) is 15.2 Å². The number of benzene rings is 1. The van der Waals surface area contributed by atoms with E-state index in [1.54, 1.807) is 0 Å². The molecule has 0 bridgehead atoms. The van der Waals surface area contributed by atoms with Gasteiger partial charge in [-0.15, -0.1) is 10.2 Å². The molecule has 23 heavy (non-hydrogen) atoms. The third-order valence-corrected chi connectivity index (χ3v) is 2.64. The lowest BCUT2D eigenvalue weighted by atomic mass is 10.2. The third-order valence-electron chi connectivity index (χ3n) is 2.64. The maximum Gasteiger partial charge on any atom is 0.315 e. The summed E-state index contributed by atoms with van der Waals surface area (Å²) in [6.45, 7) is 0. The summed E-state index contributed by atoms with van der Waals surface area (Å²) in [4.78, 5) is 23.9. The van der Waals surface area contributed by atoms with Crippen LogP contribution < -0.4 is 20.5 Å². The first kappa shape index (κ1) is 15.9. The molecule has 0 saturated heterocycles. The number of aromatic nitrogens is 3. The highest BCUT2D eigenvalue weighted by molar-refractivity contribution is 5.83. The predicted octanol–water partition coefficient (Wildman–Crippen LogP) is 0.536. The van der Waals surface area contributed by atoms with Crippen LogP contribution >= 0.6 is 0 Å². The van der Waals surface area contributed by atoms with Crippen LogP contribution in [0.1, 0.15) is 5.56 Å². The number of nitrogens with zero attached hydrogens (tertiary/aromatic N) is 4. The summed E-state index contributed by atoms with van der Waals surface area (Å²) in [7, 11) is 2.68. The third kappa shape index (κ3) is 3.78. The number of hydrazone groups is 1. The van der Waals surface area contributed by atoms with Gasteiger partial charge >= 0.3 is 5.69 Å². The average molecular weight is 320 g/mol. The van der Waals surface area contributed by atoms with Gasteiger partial charge in [0.25, 0.3) is 5.56 Å². The lowest BCUT2D eigenvalue weighted by Gasteiger charge is -2.08. The summed E-state index contributed by atoms with van der Waals surface area (Å²) in [5.74, 6) is 0.237. The van der Waals surface area contributed by atoms with Gasteiger partial charge in [0.15, 0.2) is 5.75 Å². The van der Waals surface area contributed by atoms with Gasteiger partial charge in [-0.25, -0.2) is 5.43 Å². The number of hydrogen-bond acceptors (Lipinski definition) is 9. The van der Waals surface area contributed by atoms with Crippen LogP contribution in [0.5, 0.6) is 11.5 Å². The standard InChI is InChI=1S/C12H12N6O5/c1-22-9-4-7(3-8(18(20)21)11(9)23-2)5-13-16-12-15-10(19)6-14-17-12/h3-6H,1-2H3,(H2,15,16,17,19)/b13-5+. The Bertz CT molecular complexity index is 803. The Morgan fingerprint density at radius 1 is 1.39 bits per heavy atom. The van der Waals surface area contributed by atoms with Gasteiger partial charge in [0.2, 0.25) is 11.7 Å². The fourth-order valence-electron chi connectivity index (χ4n) is 1.71. The smallest absolute Gasteiger partial charge is 0.315 e. The van der Waals surface area contributed by atoms with E-state index in [-0.39, 0.29) is 23.1 Å². The number of rotatable bonds is 6. The lowest BCUT2D eigenvalue weighted by molar-refractivity contribution is -0.385. The molecule has 2 aromatic rings. The van der Waals surface area contributed by atoms with Crippen molar-refractivity contribution in [3.8, 4) is 11.5 Å². The van der Waals surface area contributed by atoms with Crippen LogP contribution in [-0.4, -0.2) is 40.5 Å². The van der Waals surface area contributed by atoms with Crippen molar-refractivity contribution in [3.63, 3.8) is 0 Å². The second-order valence-electron chi connectivity index (χ2n) is 4.09. The fourth-order valence-corrected chi connectivity index (χ4v) is 1.71. The Labute approximate surface area is 129 Å². The largest absolute Gasteiger partial charge is 0.493 e. The van der Waals surface area contributed by atoms with E-state index in [9.17, 15) is 14.9 Å². The molecule has 2 rings (SSSR count). The van der Waals surface area contributed by atoms with E-state index in [4.69, 9.17) is 9.47 Å². The molecule has 11 heteroatoms. The number of nitrogens with one attached hydrogen (secondary N) is 2. The second-order valence-corrected chi connectivity index (χ2v) is 4.09. The van der Waals surface area contributed by atoms with Crippen LogP contribution in [0.4, 0.5) is 11.6 Å². The number of nitro benzene ring substituents is 1. The molecule has 1 aromatic heterocycles. The van der Waals surface area contributed by atoms with Crippen LogP contribution in [0.3, 0.4) is 0 Å². The predicted molar refractivity (Wildman–Crippen MR) is 80.1 cm³/mol. The molecule has 0 fully saturated rings.